The Labute approximate surface area is 120 Å². The van der Waals surface area contributed by atoms with Crippen molar-refractivity contribution in [1.29, 1.82) is 0 Å². The van der Waals surface area contributed by atoms with Gasteiger partial charge in [0, 0.05) is 24.9 Å². The number of piperidine rings is 1. The van der Waals surface area contributed by atoms with Crippen LogP contribution in [0.5, 0.6) is 0 Å². The maximum atomic E-state index is 12.0. The number of hydrogen-bond acceptors (Lipinski definition) is 3. The van der Waals surface area contributed by atoms with E-state index in [0.717, 1.165) is 38.8 Å². The fourth-order valence-corrected chi connectivity index (χ4v) is 2.49. The van der Waals surface area contributed by atoms with Gasteiger partial charge in [0.1, 0.15) is 0 Å². The minimum absolute atomic E-state index is 0.0863. The molecule has 2 aliphatic rings. The van der Waals surface area contributed by atoms with Crippen LogP contribution >= 0.6 is 0 Å². The van der Waals surface area contributed by atoms with Gasteiger partial charge in [-0.15, -0.1) is 6.42 Å². The normalized spacial score (nSPS) is 20.1. The van der Waals surface area contributed by atoms with E-state index in [1.807, 2.05) is 0 Å². The second-order valence-corrected chi connectivity index (χ2v) is 5.61. The van der Waals surface area contributed by atoms with Crippen LogP contribution < -0.4 is 10.6 Å². The molecule has 0 aromatic rings. The minimum atomic E-state index is 0.0863. The van der Waals surface area contributed by atoms with Crippen molar-refractivity contribution >= 4 is 11.8 Å². The standard InChI is InChI=1S/C15H23N3O2/c1-2-9-18-10-5-13(6-11-18)15(20)17-8-7-16-14(19)12-3-4-12/h1,12-13H,3-11H2,(H,16,19)(H,17,20). The average Bonchev–Trinajstić information content (AvgIpc) is 3.29. The van der Waals surface area contributed by atoms with Crippen LogP contribution in [0.1, 0.15) is 25.7 Å². The van der Waals surface area contributed by atoms with Gasteiger partial charge < -0.3 is 10.6 Å². The summed E-state index contributed by atoms with van der Waals surface area (Å²) >= 11 is 0. The number of nitrogens with one attached hydrogen (secondary N) is 2. The predicted molar refractivity (Wildman–Crippen MR) is 76.7 cm³/mol. The third kappa shape index (κ3) is 4.53. The lowest BCUT2D eigenvalue weighted by Crippen LogP contribution is -2.42. The lowest BCUT2D eigenvalue weighted by Gasteiger charge is -2.29. The first-order valence-corrected chi connectivity index (χ1v) is 7.42. The maximum absolute atomic E-state index is 12.0. The Bertz CT molecular complexity index is 390. The summed E-state index contributed by atoms with van der Waals surface area (Å²) in [5.41, 5.74) is 0. The van der Waals surface area contributed by atoms with Crippen molar-refractivity contribution in [2.24, 2.45) is 11.8 Å². The molecule has 0 aromatic carbocycles. The van der Waals surface area contributed by atoms with Gasteiger partial charge in [-0.3, -0.25) is 14.5 Å². The molecule has 110 valence electrons. The molecule has 0 atom stereocenters. The summed E-state index contributed by atoms with van der Waals surface area (Å²) in [6, 6.07) is 0. The number of nitrogens with zero attached hydrogens (tertiary/aromatic N) is 1. The van der Waals surface area contributed by atoms with Crippen LogP contribution in [0.3, 0.4) is 0 Å². The smallest absolute Gasteiger partial charge is 0.223 e. The van der Waals surface area contributed by atoms with Crippen LogP contribution in [-0.2, 0) is 9.59 Å². The number of amides is 2. The van der Waals surface area contributed by atoms with Crippen molar-refractivity contribution in [3.8, 4) is 12.3 Å². The monoisotopic (exact) mass is 277 g/mol. The lowest BCUT2D eigenvalue weighted by molar-refractivity contribution is -0.127. The molecule has 0 bridgehead atoms. The highest BCUT2D eigenvalue weighted by atomic mass is 16.2. The molecule has 1 aliphatic heterocycles. The van der Waals surface area contributed by atoms with Gasteiger partial charge in [0.25, 0.3) is 0 Å². The molecule has 2 N–H and O–H groups in total. The Morgan fingerprint density at radius 3 is 1.95 bits per heavy atom. The molecule has 2 amide bonds. The van der Waals surface area contributed by atoms with Crippen molar-refractivity contribution in [3.63, 3.8) is 0 Å². The Morgan fingerprint density at radius 2 is 1.50 bits per heavy atom. The largest absolute Gasteiger partial charge is 0.354 e. The fraction of sp³-hybridized carbons (Fsp3) is 0.733. The molecule has 1 saturated heterocycles. The van der Waals surface area contributed by atoms with E-state index in [0.29, 0.717) is 19.6 Å². The predicted octanol–water partition coefficient (Wildman–Crippen LogP) is -0.0260. The van der Waals surface area contributed by atoms with E-state index >= 15 is 0 Å². The molecule has 0 spiro atoms. The van der Waals surface area contributed by atoms with Crippen LogP contribution in [0.4, 0.5) is 0 Å². The van der Waals surface area contributed by atoms with E-state index < -0.39 is 0 Å². The molecule has 2 fully saturated rings. The summed E-state index contributed by atoms with van der Waals surface area (Å²) in [4.78, 5) is 25.6. The molecule has 0 radical (unpaired) electrons. The van der Waals surface area contributed by atoms with E-state index in [1.165, 1.54) is 0 Å². The number of carbonyl (C=O) groups excluding carboxylic acids is 2. The van der Waals surface area contributed by atoms with E-state index in [-0.39, 0.29) is 23.7 Å². The third-order valence-electron chi connectivity index (χ3n) is 3.94. The Balaban J connectivity index is 1.56. The van der Waals surface area contributed by atoms with E-state index in [4.69, 9.17) is 6.42 Å². The highest BCUT2D eigenvalue weighted by molar-refractivity contribution is 5.81. The Hall–Kier alpha value is -1.54. The number of rotatable bonds is 6. The van der Waals surface area contributed by atoms with Gasteiger partial charge in [-0.2, -0.15) is 0 Å². The van der Waals surface area contributed by atoms with Crippen molar-refractivity contribution in [2.45, 2.75) is 25.7 Å². The second-order valence-electron chi connectivity index (χ2n) is 5.61. The molecule has 0 unspecified atom stereocenters. The number of terminal acetylenes is 1. The second kappa shape index (κ2) is 7.30. The highest BCUT2D eigenvalue weighted by Crippen LogP contribution is 2.28. The summed E-state index contributed by atoms with van der Waals surface area (Å²) in [7, 11) is 0. The van der Waals surface area contributed by atoms with E-state index in [1.54, 1.807) is 0 Å². The number of likely N-dealkylation sites (tertiary alicyclic amines) is 1. The van der Waals surface area contributed by atoms with Gasteiger partial charge in [-0.1, -0.05) is 5.92 Å². The Morgan fingerprint density at radius 1 is 1.00 bits per heavy atom. The van der Waals surface area contributed by atoms with Gasteiger partial charge in [0.05, 0.1) is 6.54 Å². The summed E-state index contributed by atoms with van der Waals surface area (Å²) in [5.74, 6) is 3.18. The fourth-order valence-electron chi connectivity index (χ4n) is 2.49. The molecule has 1 heterocycles. The van der Waals surface area contributed by atoms with Gasteiger partial charge >= 0.3 is 0 Å². The Kier molecular flexibility index (Phi) is 5.42. The van der Waals surface area contributed by atoms with Crippen LogP contribution in [0.25, 0.3) is 0 Å². The molecule has 5 nitrogen and oxygen atoms in total. The topological polar surface area (TPSA) is 61.4 Å². The van der Waals surface area contributed by atoms with Crippen molar-refractivity contribution in [2.75, 3.05) is 32.7 Å². The highest BCUT2D eigenvalue weighted by Gasteiger charge is 2.29. The molecule has 0 aromatic heterocycles. The van der Waals surface area contributed by atoms with Crippen molar-refractivity contribution in [3.05, 3.63) is 0 Å². The van der Waals surface area contributed by atoms with Crippen molar-refractivity contribution < 1.29 is 9.59 Å². The summed E-state index contributed by atoms with van der Waals surface area (Å²) < 4.78 is 0. The molecule has 20 heavy (non-hydrogen) atoms. The van der Waals surface area contributed by atoms with E-state index in [9.17, 15) is 9.59 Å². The first-order valence-electron chi connectivity index (χ1n) is 7.42. The van der Waals surface area contributed by atoms with E-state index in [2.05, 4.69) is 21.5 Å². The van der Waals surface area contributed by atoms with Crippen LogP contribution in [0, 0.1) is 24.2 Å². The average molecular weight is 277 g/mol. The van der Waals surface area contributed by atoms with Crippen LogP contribution in [0.15, 0.2) is 0 Å². The first kappa shape index (κ1) is 14.9. The molecular formula is C15H23N3O2. The number of carbonyl (C=O) groups is 2. The summed E-state index contributed by atoms with van der Waals surface area (Å²) in [5, 5.41) is 5.74. The van der Waals surface area contributed by atoms with Crippen LogP contribution in [0.2, 0.25) is 0 Å². The third-order valence-corrected chi connectivity index (χ3v) is 3.94. The van der Waals surface area contributed by atoms with Gasteiger partial charge in [0.15, 0.2) is 0 Å². The lowest BCUT2D eigenvalue weighted by atomic mass is 9.96. The zero-order valence-corrected chi connectivity index (χ0v) is 11.9. The maximum Gasteiger partial charge on any atom is 0.223 e. The minimum Gasteiger partial charge on any atom is -0.354 e. The quantitative estimate of drug-likeness (QED) is 0.529. The van der Waals surface area contributed by atoms with Gasteiger partial charge in [-0.25, -0.2) is 0 Å². The number of hydrogen-bond donors (Lipinski definition) is 2. The SMILES string of the molecule is C#CCN1CCC(C(=O)NCCNC(=O)C2CC2)CC1. The first-order chi connectivity index (χ1) is 9.70. The summed E-state index contributed by atoms with van der Waals surface area (Å²) in [6.07, 6.45) is 9.02. The van der Waals surface area contributed by atoms with Gasteiger partial charge in [-0.05, 0) is 38.8 Å². The molecule has 1 aliphatic carbocycles. The molecule has 1 saturated carbocycles. The zero-order valence-electron chi connectivity index (χ0n) is 11.9. The molecular weight excluding hydrogens is 254 g/mol. The summed E-state index contributed by atoms with van der Waals surface area (Å²) in [6.45, 7) is 3.49. The van der Waals surface area contributed by atoms with Crippen LogP contribution in [-0.4, -0.2) is 49.4 Å². The molecule has 5 heteroatoms. The van der Waals surface area contributed by atoms with Crippen molar-refractivity contribution in [1.82, 2.24) is 15.5 Å². The zero-order chi connectivity index (χ0) is 14.4. The van der Waals surface area contributed by atoms with Gasteiger partial charge in [0.2, 0.25) is 11.8 Å². The molecule has 2 rings (SSSR count).